The Hall–Kier alpha value is -1.97. The van der Waals surface area contributed by atoms with Crippen molar-refractivity contribution in [2.75, 3.05) is 20.2 Å². The van der Waals surface area contributed by atoms with Gasteiger partial charge in [0.1, 0.15) is 10.6 Å². The molecule has 1 amide bonds. The van der Waals surface area contributed by atoms with Crippen LogP contribution in [0.15, 0.2) is 29.6 Å². The molecule has 0 aliphatic carbocycles. The number of nitrogens with one attached hydrogen (secondary N) is 2. The number of nitrogens with zero attached hydrogens (tertiary/aromatic N) is 1. The zero-order valence-electron chi connectivity index (χ0n) is 14.7. The van der Waals surface area contributed by atoms with E-state index in [1.54, 1.807) is 5.38 Å². The number of piperidine rings is 1. The number of amides is 1. The van der Waals surface area contributed by atoms with Gasteiger partial charge in [-0.15, -0.1) is 11.3 Å². The first-order chi connectivity index (χ1) is 12.8. The summed E-state index contributed by atoms with van der Waals surface area (Å²) in [6, 6.07) is 4.88. The molecule has 1 aromatic carbocycles. The fraction of sp³-hybridized carbons (Fsp3) is 0.444. The van der Waals surface area contributed by atoms with Gasteiger partial charge in [-0.2, -0.15) is 13.2 Å². The van der Waals surface area contributed by atoms with Crippen LogP contribution in [-0.2, 0) is 22.3 Å². The van der Waals surface area contributed by atoms with Crippen LogP contribution in [-0.4, -0.2) is 36.7 Å². The van der Waals surface area contributed by atoms with Gasteiger partial charge in [0.2, 0.25) is 0 Å². The van der Waals surface area contributed by atoms with Crippen LogP contribution in [0.2, 0.25) is 0 Å². The second-order valence-electron chi connectivity index (χ2n) is 6.35. The van der Waals surface area contributed by atoms with Crippen LogP contribution >= 0.6 is 11.3 Å². The summed E-state index contributed by atoms with van der Waals surface area (Å²) in [6.45, 7) is 1.68. The van der Waals surface area contributed by atoms with Crippen LogP contribution in [0.1, 0.15) is 24.1 Å². The van der Waals surface area contributed by atoms with Gasteiger partial charge in [-0.3, -0.25) is 4.79 Å². The molecule has 0 radical (unpaired) electrons. The fourth-order valence-corrected chi connectivity index (χ4v) is 3.83. The van der Waals surface area contributed by atoms with Crippen molar-refractivity contribution >= 4 is 17.2 Å². The Morgan fingerprint density at radius 1 is 1.30 bits per heavy atom. The zero-order chi connectivity index (χ0) is 19.5. The molecule has 146 valence electrons. The molecule has 0 bridgehead atoms. The maximum atomic E-state index is 12.6. The van der Waals surface area contributed by atoms with Crippen LogP contribution in [0.4, 0.5) is 13.2 Å². The van der Waals surface area contributed by atoms with Gasteiger partial charge in [-0.05, 0) is 38.1 Å². The number of hydrogen-bond acceptors (Lipinski definition) is 5. The maximum Gasteiger partial charge on any atom is 0.416 e. The van der Waals surface area contributed by atoms with Crippen LogP contribution in [0.3, 0.4) is 0 Å². The minimum Gasteiger partial charge on any atom is -0.368 e. The second-order valence-corrected chi connectivity index (χ2v) is 7.21. The summed E-state index contributed by atoms with van der Waals surface area (Å²) >= 11 is 1.32. The van der Waals surface area contributed by atoms with Gasteiger partial charge in [0, 0.05) is 18.1 Å². The van der Waals surface area contributed by atoms with Gasteiger partial charge in [-0.1, -0.05) is 12.1 Å². The second kappa shape index (κ2) is 7.95. The summed E-state index contributed by atoms with van der Waals surface area (Å²) in [7, 11) is 1.54. The van der Waals surface area contributed by atoms with Crippen molar-refractivity contribution in [2.45, 2.75) is 31.2 Å². The number of halogens is 3. The number of methoxy groups -OCH3 is 1. The number of aromatic nitrogens is 1. The molecule has 2 N–H and O–H groups in total. The number of alkyl halides is 3. The van der Waals surface area contributed by atoms with Gasteiger partial charge in [0.15, 0.2) is 0 Å². The standard InChI is InChI=1S/C18H20F3N3O2S/c1-26-17(6-8-22-9-7-17)16(25)23-10-14-11-27-15(24-14)12-2-4-13(5-3-12)18(19,20)21/h2-5,11,22H,6-10H2,1H3,(H,23,25). The quantitative estimate of drug-likeness (QED) is 0.811. The lowest BCUT2D eigenvalue weighted by Crippen LogP contribution is -2.53. The third kappa shape index (κ3) is 4.48. The van der Waals surface area contributed by atoms with Crippen LogP contribution in [0.5, 0.6) is 0 Å². The van der Waals surface area contributed by atoms with Gasteiger partial charge < -0.3 is 15.4 Å². The van der Waals surface area contributed by atoms with Crippen molar-refractivity contribution in [3.63, 3.8) is 0 Å². The van der Waals surface area contributed by atoms with Crippen LogP contribution in [0.25, 0.3) is 10.6 Å². The van der Waals surface area contributed by atoms with Crippen molar-refractivity contribution < 1.29 is 22.7 Å². The number of thiazole rings is 1. The number of hydrogen-bond donors (Lipinski definition) is 2. The van der Waals surface area contributed by atoms with Crippen molar-refractivity contribution in [1.82, 2.24) is 15.6 Å². The minimum absolute atomic E-state index is 0.171. The number of carbonyl (C=O) groups excluding carboxylic acids is 1. The van der Waals surface area contributed by atoms with Gasteiger partial charge in [0.05, 0.1) is 17.8 Å². The molecule has 9 heteroatoms. The summed E-state index contributed by atoms with van der Waals surface area (Å²) in [5.41, 5.74) is -0.250. The average Bonchev–Trinajstić information content (AvgIpc) is 3.15. The van der Waals surface area contributed by atoms with E-state index < -0.39 is 17.3 Å². The van der Waals surface area contributed by atoms with Crippen LogP contribution in [0, 0.1) is 0 Å². The number of benzene rings is 1. The summed E-state index contributed by atoms with van der Waals surface area (Å²) < 4.78 is 43.4. The van der Waals surface area contributed by atoms with Crippen molar-refractivity contribution in [3.05, 3.63) is 40.9 Å². The van der Waals surface area contributed by atoms with Crippen molar-refractivity contribution in [1.29, 1.82) is 0 Å². The third-order valence-electron chi connectivity index (χ3n) is 4.66. The van der Waals surface area contributed by atoms with Crippen molar-refractivity contribution in [3.8, 4) is 10.6 Å². The maximum absolute atomic E-state index is 12.6. The fourth-order valence-electron chi connectivity index (χ4n) is 3.01. The first-order valence-corrected chi connectivity index (χ1v) is 9.38. The van der Waals surface area contributed by atoms with E-state index in [1.807, 2.05) is 0 Å². The molecule has 2 heterocycles. The number of ether oxygens (including phenoxy) is 1. The molecule has 1 aromatic heterocycles. The Labute approximate surface area is 158 Å². The SMILES string of the molecule is COC1(C(=O)NCc2csc(-c3ccc(C(F)(F)F)cc3)n2)CCNCC1. The predicted octanol–water partition coefficient (Wildman–Crippen LogP) is 3.21. The number of rotatable bonds is 5. The molecule has 1 aliphatic heterocycles. The normalized spacial score (nSPS) is 16.9. The Morgan fingerprint density at radius 2 is 1.96 bits per heavy atom. The topological polar surface area (TPSA) is 63.2 Å². The summed E-state index contributed by atoms with van der Waals surface area (Å²) in [6.07, 6.45) is -3.16. The van der Waals surface area contributed by atoms with Gasteiger partial charge in [0.25, 0.3) is 5.91 Å². The molecule has 2 aromatic rings. The van der Waals surface area contributed by atoms with Crippen LogP contribution < -0.4 is 10.6 Å². The molecule has 0 unspecified atom stereocenters. The Kier molecular flexibility index (Phi) is 5.83. The van der Waals surface area contributed by atoms with E-state index in [-0.39, 0.29) is 12.5 Å². The molecular formula is C18H20F3N3O2S. The molecular weight excluding hydrogens is 379 g/mol. The zero-order valence-corrected chi connectivity index (χ0v) is 15.5. The van der Waals surface area contributed by atoms with E-state index in [4.69, 9.17) is 4.74 Å². The molecule has 1 saturated heterocycles. The smallest absolute Gasteiger partial charge is 0.368 e. The molecule has 27 heavy (non-hydrogen) atoms. The third-order valence-corrected chi connectivity index (χ3v) is 5.60. The lowest BCUT2D eigenvalue weighted by Gasteiger charge is -2.34. The minimum atomic E-state index is -4.36. The molecule has 5 nitrogen and oxygen atoms in total. The summed E-state index contributed by atoms with van der Waals surface area (Å²) in [4.78, 5) is 16.9. The van der Waals surface area contributed by atoms with E-state index in [0.717, 1.165) is 25.2 Å². The average molecular weight is 399 g/mol. The Bertz CT molecular complexity index is 784. The molecule has 1 fully saturated rings. The monoisotopic (exact) mass is 399 g/mol. The highest BCUT2D eigenvalue weighted by atomic mass is 32.1. The highest BCUT2D eigenvalue weighted by Gasteiger charge is 2.39. The lowest BCUT2D eigenvalue weighted by molar-refractivity contribution is -0.146. The molecule has 0 saturated carbocycles. The molecule has 3 rings (SSSR count). The van der Waals surface area contributed by atoms with E-state index in [9.17, 15) is 18.0 Å². The first kappa shape index (κ1) is 19.8. The summed E-state index contributed by atoms with van der Waals surface area (Å²) in [5.74, 6) is -0.171. The molecule has 0 spiro atoms. The van der Waals surface area contributed by atoms with E-state index in [1.165, 1.54) is 30.6 Å². The van der Waals surface area contributed by atoms with Gasteiger partial charge >= 0.3 is 6.18 Å². The van der Waals surface area contributed by atoms with Gasteiger partial charge in [-0.25, -0.2) is 4.98 Å². The Morgan fingerprint density at radius 3 is 2.56 bits per heavy atom. The van der Waals surface area contributed by atoms with E-state index in [2.05, 4.69) is 15.6 Å². The Balaban J connectivity index is 1.63. The summed E-state index contributed by atoms with van der Waals surface area (Å²) in [5, 5.41) is 8.45. The highest BCUT2D eigenvalue weighted by molar-refractivity contribution is 7.13. The van der Waals surface area contributed by atoms with Crippen molar-refractivity contribution in [2.24, 2.45) is 0 Å². The van der Waals surface area contributed by atoms with E-state index >= 15 is 0 Å². The first-order valence-electron chi connectivity index (χ1n) is 8.50. The largest absolute Gasteiger partial charge is 0.416 e. The highest BCUT2D eigenvalue weighted by Crippen LogP contribution is 2.31. The lowest BCUT2D eigenvalue weighted by atomic mass is 9.91. The molecule has 0 atom stereocenters. The van der Waals surface area contributed by atoms with E-state index in [0.29, 0.717) is 29.1 Å². The number of carbonyl (C=O) groups is 1. The predicted molar refractivity (Wildman–Crippen MR) is 96.2 cm³/mol. The molecule has 1 aliphatic rings.